The van der Waals surface area contributed by atoms with E-state index < -0.39 is 0 Å². The van der Waals surface area contributed by atoms with Crippen LogP contribution in [0.3, 0.4) is 0 Å². The fourth-order valence-corrected chi connectivity index (χ4v) is 2.16. The smallest absolute Gasteiger partial charge is 0.170 e. The molecule has 0 unspecified atom stereocenters. The first-order chi connectivity index (χ1) is 7.24. The van der Waals surface area contributed by atoms with Crippen LogP contribution in [0, 0.1) is 0 Å². The number of hydrogen-bond donors (Lipinski definition) is 2. The molecule has 2 rings (SSSR count). The first-order valence-electron chi connectivity index (χ1n) is 5.07. The molecule has 0 spiro atoms. The second-order valence-electron chi connectivity index (χ2n) is 3.74. The van der Waals surface area contributed by atoms with Gasteiger partial charge in [0.15, 0.2) is 5.11 Å². The van der Waals surface area contributed by atoms with E-state index in [9.17, 15) is 0 Å². The lowest BCUT2D eigenvalue weighted by atomic mass is 9.93. The maximum atomic E-state index is 5.22. The molecule has 0 aromatic heterocycles. The molecule has 1 aliphatic carbocycles. The Morgan fingerprint density at radius 3 is 2.80 bits per heavy atom. The molecule has 2 nitrogen and oxygen atoms in total. The lowest BCUT2D eigenvalue weighted by Crippen LogP contribution is -2.41. The van der Waals surface area contributed by atoms with Crippen LogP contribution in [0.15, 0.2) is 28.7 Å². The molecule has 0 amide bonds. The molecule has 0 bridgehead atoms. The monoisotopic (exact) mass is 284 g/mol. The highest BCUT2D eigenvalue weighted by molar-refractivity contribution is 9.10. The largest absolute Gasteiger partial charge is 0.360 e. The Labute approximate surface area is 104 Å². The molecular weight excluding hydrogens is 272 g/mol. The van der Waals surface area contributed by atoms with Crippen LogP contribution < -0.4 is 10.6 Å². The van der Waals surface area contributed by atoms with Crippen molar-refractivity contribution in [1.29, 1.82) is 0 Å². The number of hydrogen-bond acceptors (Lipinski definition) is 1. The van der Waals surface area contributed by atoms with Gasteiger partial charge in [0.1, 0.15) is 0 Å². The van der Waals surface area contributed by atoms with Crippen LogP contribution in [0.4, 0.5) is 5.69 Å². The van der Waals surface area contributed by atoms with Gasteiger partial charge in [-0.2, -0.15) is 0 Å². The molecule has 1 aliphatic rings. The van der Waals surface area contributed by atoms with Crippen molar-refractivity contribution in [3.8, 4) is 0 Å². The Kier molecular flexibility index (Phi) is 3.59. The molecule has 1 fully saturated rings. The molecular formula is C11H13BrN2S. The average Bonchev–Trinajstić information content (AvgIpc) is 2.11. The summed E-state index contributed by atoms with van der Waals surface area (Å²) in [7, 11) is 0. The summed E-state index contributed by atoms with van der Waals surface area (Å²) < 4.78 is 1.05. The summed E-state index contributed by atoms with van der Waals surface area (Å²) in [6, 6.07) is 8.57. The van der Waals surface area contributed by atoms with Crippen LogP contribution in [0.5, 0.6) is 0 Å². The van der Waals surface area contributed by atoms with Gasteiger partial charge in [-0.3, -0.25) is 0 Å². The molecule has 15 heavy (non-hydrogen) atoms. The summed E-state index contributed by atoms with van der Waals surface area (Å²) in [6.07, 6.45) is 3.79. The quantitative estimate of drug-likeness (QED) is 0.815. The topological polar surface area (TPSA) is 24.1 Å². The van der Waals surface area contributed by atoms with Crippen LogP contribution in [0.25, 0.3) is 0 Å². The van der Waals surface area contributed by atoms with E-state index in [1.54, 1.807) is 0 Å². The number of halogens is 1. The van der Waals surface area contributed by atoms with E-state index in [0.717, 1.165) is 15.3 Å². The predicted octanol–water partition coefficient (Wildman–Crippen LogP) is 3.29. The standard InChI is InChI=1S/C11H13BrN2S/c12-8-3-1-6-10(7-8)14-11(15)13-9-4-2-5-9/h1,3,6-7,9H,2,4-5H2,(H2,13,14,15). The Morgan fingerprint density at radius 2 is 2.20 bits per heavy atom. The molecule has 0 aliphatic heterocycles. The lowest BCUT2D eigenvalue weighted by Gasteiger charge is -2.27. The van der Waals surface area contributed by atoms with Crippen molar-refractivity contribution < 1.29 is 0 Å². The SMILES string of the molecule is S=C(Nc1cccc(Br)c1)NC1CCC1. The Morgan fingerprint density at radius 1 is 1.40 bits per heavy atom. The first kappa shape index (κ1) is 10.9. The van der Waals surface area contributed by atoms with E-state index in [0.29, 0.717) is 6.04 Å². The lowest BCUT2D eigenvalue weighted by molar-refractivity contribution is 0.385. The van der Waals surface area contributed by atoms with Crippen molar-refractivity contribution in [2.75, 3.05) is 5.32 Å². The van der Waals surface area contributed by atoms with Crippen molar-refractivity contribution in [3.05, 3.63) is 28.7 Å². The van der Waals surface area contributed by atoms with Crippen molar-refractivity contribution in [2.24, 2.45) is 0 Å². The van der Waals surface area contributed by atoms with Crippen molar-refractivity contribution in [3.63, 3.8) is 0 Å². The van der Waals surface area contributed by atoms with Crippen LogP contribution in [-0.4, -0.2) is 11.2 Å². The van der Waals surface area contributed by atoms with Crippen LogP contribution >= 0.6 is 28.1 Å². The van der Waals surface area contributed by atoms with E-state index in [1.807, 2.05) is 24.3 Å². The van der Waals surface area contributed by atoms with E-state index in [2.05, 4.69) is 26.6 Å². The van der Waals surface area contributed by atoms with Gasteiger partial charge in [0, 0.05) is 16.2 Å². The van der Waals surface area contributed by atoms with E-state index >= 15 is 0 Å². The van der Waals surface area contributed by atoms with Crippen LogP contribution in [0.1, 0.15) is 19.3 Å². The third kappa shape index (κ3) is 3.18. The average molecular weight is 285 g/mol. The highest BCUT2D eigenvalue weighted by Crippen LogP contribution is 2.19. The molecule has 2 N–H and O–H groups in total. The van der Waals surface area contributed by atoms with Crippen LogP contribution in [-0.2, 0) is 0 Å². The molecule has 1 aromatic rings. The maximum Gasteiger partial charge on any atom is 0.170 e. The van der Waals surface area contributed by atoms with Gasteiger partial charge in [-0.25, -0.2) is 0 Å². The van der Waals surface area contributed by atoms with Crippen molar-refractivity contribution in [2.45, 2.75) is 25.3 Å². The van der Waals surface area contributed by atoms with Gasteiger partial charge in [0.25, 0.3) is 0 Å². The highest BCUT2D eigenvalue weighted by atomic mass is 79.9. The summed E-state index contributed by atoms with van der Waals surface area (Å²) in [5.41, 5.74) is 1.01. The number of anilines is 1. The molecule has 1 saturated carbocycles. The highest BCUT2D eigenvalue weighted by Gasteiger charge is 2.17. The fraction of sp³-hybridized carbons (Fsp3) is 0.364. The second kappa shape index (κ2) is 4.94. The molecule has 1 aromatic carbocycles. The summed E-state index contributed by atoms with van der Waals surface area (Å²) in [6.45, 7) is 0. The van der Waals surface area contributed by atoms with Gasteiger partial charge >= 0.3 is 0 Å². The first-order valence-corrected chi connectivity index (χ1v) is 6.27. The fourth-order valence-electron chi connectivity index (χ4n) is 1.47. The van der Waals surface area contributed by atoms with Gasteiger partial charge < -0.3 is 10.6 Å². The number of benzene rings is 1. The molecule has 0 radical (unpaired) electrons. The molecule has 80 valence electrons. The number of nitrogens with one attached hydrogen (secondary N) is 2. The Bertz CT molecular complexity index is 363. The Balaban J connectivity index is 1.87. The minimum Gasteiger partial charge on any atom is -0.360 e. The third-order valence-electron chi connectivity index (χ3n) is 2.52. The zero-order valence-corrected chi connectivity index (χ0v) is 10.7. The summed E-state index contributed by atoms with van der Waals surface area (Å²) in [5.74, 6) is 0. The van der Waals surface area contributed by atoms with Gasteiger partial charge in [0.05, 0.1) is 0 Å². The molecule has 0 saturated heterocycles. The minimum atomic E-state index is 0.581. The van der Waals surface area contributed by atoms with E-state index in [4.69, 9.17) is 12.2 Å². The second-order valence-corrected chi connectivity index (χ2v) is 5.06. The molecule has 4 heteroatoms. The molecule has 0 heterocycles. The minimum absolute atomic E-state index is 0.581. The normalized spacial score (nSPS) is 15.5. The Hall–Kier alpha value is -0.610. The van der Waals surface area contributed by atoms with Gasteiger partial charge in [-0.15, -0.1) is 0 Å². The number of thiocarbonyl (C=S) groups is 1. The van der Waals surface area contributed by atoms with Crippen molar-refractivity contribution in [1.82, 2.24) is 5.32 Å². The number of rotatable bonds is 2. The summed E-state index contributed by atoms with van der Waals surface area (Å²) in [4.78, 5) is 0. The zero-order valence-electron chi connectivity index (χ0n) is 8.29. The van der Waals surface area contributed by atoms with E-state index in [-0.39, 0.29) is 0 Å². The third-order valence-corrected chi connectivity index (χ3v) is 3.24. The van der Waals surface area contributed by atoms with Gasteiger partial charge in [-0.1, -0.05) is 22.0 Å². The molecule has 0 atom stereocenters. The summed E-state index contributed by atoms with van der Waals surface area (Å²) in [5, 5.41) is 7.18. The summed E-state index contributed by atoms with van der Waals surface area (Å²) >= 11 is 8.64. The van der Waals surface area contributed by atoms with Gasteiger partial charge in [-0.05, 0) is 49.7 Å². The van der Waals surface area contributed by atoms with E-state index in [1.165, 1.54) is 19.3 Å². The van der Waals surface area contributed by atoms with Gasteiger partial charge in [0.2, 0.25) is 0 Å². The predicted molar refractivity (Wildman–Crippen MR) is 71.1 cm³/mol. The zero-order chi connectivity index (χ0) is 10.7. The maximum absolute atomic E-state index is 5.22. The van der Waals surface area contributed by atoms with Crippen LogP contribution in [0.2, 0.25) is 0 Å². The van der Waals surface area contributed by atoms with Crippen molar-refractivity contribution >= 4 is 38.9 Å².